The average molecular weight is 186 g/mol. The normalized spacial score (nSPS) is 13.6. The van der Waals surface area contributed by atoms with E-state index in [1.807, 2.05) is 25.2 Å². The fraction of sp³-hybridized carbons (Fsp3) is 0.556. The molecule has 0 aliphatic carbocycles. The number of hydrogen-bond donors (Lipinski definition) is 0. The molecule has 12 heavy (non-hydrogen) atoms. The van der Waals surface area contributed by atoms with E-state index in [4.69, 9.17) is 9.16 Å². The van der Waals surface area contributed by atoms with Crippen LogP contribution in [0.2, 0.25) is 19.6 Å². The number of allylic oxidation sites excluding steroid dienone is 3. The Morgan fingerprint density at radius 2 is 1.83 bits per heavy atom. The number of methoxy groups -OCH3 is 1. The van der Waals surface area contributed by atoms with Crippen molar-refractivity contribution in [2.45, 2.75) is 26.6 Å². The van der Waals surface area contributed by atoms with Crippen molar-refractivity contribution in [3.05, 3.63) is 24.2 Å². The van der Waals surface area contributed by atoms with Gasteiger partial charge in [-0.25, -0.2) is 0 Å². The van der Waals surface area contributed by atoms with E-state index in [9.17, 15) is 0 Å². The molecule has 3 heteroatoms. The third-order valence-electron chi connectivity index (χ3n) is 1.03. The fourth-order valence-corrected chi connectivity index (χ4v) is 1.38. The first-order chi connectivity index (χ1) is 5.49. The highest BCUT2D eigenvalue weighted by Crippen LogP contribution is 2.10. The predicted octanol–water partition coefficient (Wildman–Crippen LogP) is 2.90. The summed E-state index contributed by atoms with van der Waals surface area (Å²) in [7, 11) is 0.102. The Kier molecular flexibility index (Phi) is 4.74. The lowest BCUT2D eigenvalue weighted by molar-refractivity contribution is 0.147. The van der Waals surface area contributed by atoms with Crippen LogP contribution < -0.4 is 0 Å². The van der Waals surface area contributed by atoms with Crippen LogP contribution in [0, 0.1) is 0 Å². The van der Waals surface area contributed by atoms with E-state index < -0.39 is 8.32 Å². The van der Waals surface area contributed by atoms with Crippen LogP contribution in [-0.2, 0) is 9.16 Å². The average Bonchev–Trinajstić information content (AvgIpc) is 1.95. The Bertz CT molecular complexity index is 177. The van der Waals surface area contributed by atoms with Gasteiger partial charge in [0.2, 0.25) is 8.32 Å². The lowest BCUT2D eigenvalue weighted by atomic mass is 10.5. The molecular formula is C9H18O2Si. The van der Waals surface area contributed by atoms with Gasteiger partial charge in [0.15, 0.2) is 0 Å². The van der Waals surface area contributed by atoms with Gasteiger partial charge in [-0.15, -0.1) is 0 Å². The highest BCUT2D eigenvalue weighted by molar-refractivity contribution is 6.69. The molecule has 0 bridgehead atoms. The summed E-state index contributed by atoms with van der Waals surface area (Å²) in [5.41, 5.74) is 0. The van der Waals surface area contributed by atoms with E-state index >= 15 is 0 Å². The lowest BCUT2D eigenvalue weighted by Gasteiger charge is -2.19. The van der Waals surface area contributed by atoms with Crippen LogP contribution in [0.25, 0.3) is 0 Å². The van der Waals surface area contributed by atoms with Gasteiger partial charge in [0, 0.05) is 6.08 Å². The lowest BCUT2D eigenvalue weighted by Crippen LogP contribution is -2.25. The van der Waals surface area contributed by atoms with Crippen LogP contribution in [0.3, 0.4) is 0 Å². The van der Waals surface area contributed by atoms with Crippen LogP contribution in [-0.4, -0.2) is 15.4 Å². The zero-order chi connectivity index (χ0) is 9.61. The van der Waals surface area contributed by atoms with Gasteiger partial charge < -0.3 is 9.16 Å². The predicted molar refractivity (Wildman–Crippen MR) is 54.3 cm³/mol. The summed E-state index contributed by atoms with van der Waals surface area (Å²) in [5, 5.41) is 0. The van der Waals surface area contributed by atoms with E-state index in [2.05, 4.69) is 19.6 Å². The Morgan fingerprint density at radius 1 is 1.25 bits per heavy atom. The Morgan fingerprint density at radius 3 is 2.17 bits per heavy atom. The minimum atomic E-state index is -1.52. The minimum Gasteiger partial charge on any atom is -0.520 e. The summed E-state index contributed by atoms with van der Waals surface area (Å²) in [6, 6.07) is 0. The van der Waals surface area contributed by atoms with E-state index in [1.165, 1.54) is 0 Å². The molecular weight excluding hydrogens is 168 g/mol. The van der Waals surface area contributed by atoms with Crippen molar-refractivity contribution >= 4 is 8.32 Å². The Hall–Kier alpha value is -0.703. The molecule has 0 spiro atoms. The van der Waals surface area contributed by atoms with Crippen molar-refractivity contribution in [2.75, 3.05) is 7.11 Å². The van der Waals surface area contributed by atoms with Crippen molar-refractivity contribution in [1.82, 2.24) is 0 Å². The molecule has 0 aromatic rings. The van der Waals surface area contributed by atoms with Gasteiger partial charge in [-0.2, -0.15) is 0 Å². The minimum absolute atomic E-state index is 0.604. The van der Waals surface area contributed by atoms with Crippen LogP contribution in [0.15, 0.2) is 24.2 Å². The van der Waals surface area contributed by atoms with Gasteiger partial charge in [0.25, 0.3) is 5.95 Å². The standard InChI is InChI=1S/C9H18O2Si/c1-6-7-8-9(10-2)11-12(3,4)5/h6-8H,1-5H3/b7-6+,9-8-. The van der Waals surface area contributed by atoms with Gasteiger partial charge in [-0.1, -0.05) is 12.2 Å². The molecule has 2 nitrogen and oxygen atoms in total. The molecule has 0 N–H and O–H groups in total. The highest BCUT2D eigenvalue weighted by Gasteiger charge is 2.17. The van der Waals surface area contributed by atoms with Crippen molar-refractivity contribution < 1.29 is 9.16 Å². The first-order valence-corrected chi connectivity index (χ1v) is 7.46. The van der Waals surface area contributed by atoms with Crippen LogP contribution >= 0.6 is 0 Å². The van der Waals surface area contributed by atoms with E-state index in [1.54, 1.807) is 7.11 Å². The first-order valence-electron chi connectivity index (χ1n) is 4.05. The monoisotopic (exact) mass is 186 g/mol. The number of ether oxygens (including phenoxy) is 1. The zero-order valence-corrected chi connectivity index (χ0v) is 9.55. The topological polar surface area (TPSA) is 18.5 Å². The molecule has 70 valence electrons. The van der Waals surface area contributed by atoms with Gasteiger partial charge in [0.05, 0.1) is 7.11 Å². The summed E-state index contributed by atoms with van der Waals surface area (Å²) in [6.45, 7) is 8.32. The van der Waals surface area contributed by atoms with Crippen molar-refractivity contribution in [1.29, 1.82) is 0 Å². The summed E-state index contributed by atoms with van der Waals surface area (Å²) in [6.07, 6.45) is 5.67. The third-order valence-corrected chi connectivity index (χ3v) is 1.85. The van der Waals surface area contributed by atoms with Crippen LogP contribution in [0.5, 0.6) is 0 Å². The maximum absolute atomic E-state index is 5.62. The summed E-state index contributed by atoms with van der Waals surface area (Å²) in [4.78, 5) is 0. The molecule has 0 aromatic carbocycles. The van der Waals surface area contributed by atoms with Crippen LogP contribution in [0.1, 0.15) is 6.92 Å². The molecule has 0 heterocycles. The molecule has 0 saturated heterocycles. The molecule has 0 rings (SSSR count). The zero-order valence-electron chi connectivity index (χ0n) is 8.55. The Labute approximate surface area is 76.0 Å². The van der Waals surface area contributed by atoms with Gasteiger partial charge in [-0.05, 0) is 26.6 Å². The molecule has 0 amide bonds. The molecule has 0 aliphatic rings. The first kappa shape index (κ1) is 11.3. The van der Waals surface area contributed by atoms with E-state index in [0.717, 1.165) is 0 Å². The van der Waals surface area contributed by atoms with Crippen molar-refractivity contribution in [3.63, 3.8) is 0 Å². The van der Waals surface area contributed by atoms with E-state index in [-0.39, 0.29) is 0 Å². The molecule has 0 radical (unpaired) electrons. The fourth-order valence-electron chi connectivity index (χ4n) is 0.620. The maximum Gasteiger partial charge on any atom is 0.264 e. The Balaban J connectivity index is 4.18. The molecule has 0 unspecified atom stereocenters. The van der Waals surface area contributed by atoms with Crippen molar-refractivity contribution in [3.8, 4) is 0 Å². The third kappa shape index (κ3) is 6.04. The summed E-state index contributed by atoms with van der Waals surface area (Å²) in [5.74, 6) is 0.604. The second-order valence-electron chi connectivity index (χ2n) is 3.43. The number of rotatable bonds is 4. The van der Waals surface area contributed by atoms with E-state index in [0.29, 0.717) is 5.95 Å². The summed E-state index contributed by atoms with van der Waals surface area (Å²) >= 11 is 0. The molecule has 0 saturated carbocycles. The van der Waals surface area contributed by atoms with Gasteiger partial charge in [-0.3, -0.25) is 0 Å². The number of hydrogen-bond acceptors (Lipinski definition) is 2. The SMILES string of the molecule is C/C=C/C=C(/OC)O[Si](C)(C)C. The smallest absolute Gasteiger partial charge is 0.264 e. The van der Waals surface area contributed by atoms with Crippen molar-refractivity contribution in [2.24, 2.45) is 0 Å². The van der Waals surface area contributed by atoms with Gasteiger partial charge in [0.1, 0.15) is 0 Å². The molecule has 0 fully saturated rings. The summed E-state index contributed by atoms with van der Waals surface area (Å²) < 4.78 is 10.7. The second-order valence-corrected chi connectivity index (χ2v) is 7.86. The van der Waals surface area contributed by atoms with Crippen LogP contribution in [0.4, 0.5) is 0 Å². The maximum atomic E-state index is 5.62. The largest absolute Gasteiger partial charge is 0.520 e. The molecule has 0 aromatic heterocycles. The molecule has 0 aliphatic heterocycles. The quantitative estimate of drug-likeness (QED) is 0.382. The highest BCUT2D eigenvalue weighted by atomic mass is 28.4. The van der Waals surface area contributed by atoms with Gasteiger partial charge >= 0.3 is 0 Å². The second kappa shape index (κ2) is 5.03. The molecule has 0 atom stereocenters.